The fraction of sp³-hybridized carbons (Fsp3) is 0.250. The van der Waals surface area contributed by atoms with E-state index in [0.29, 0.717) is 42.9 Å². The quantitative estimate of drug-likeness (QED) is 0.0462. The SMILES string of the molecule is CCc1cc(NC(=O)c2cc(CCC(=O)NO)c(CCC(O)(c3ccccc3)c3ccccc3)n2Cc2ccccc2)cc(CN)c1OCN. The molecule has 0 saturated heterocycles. The molecule has 0 aliphatic carbocycles. The van der Waals surface area contributed by atoms with E-state index < -0.39 is 11.5 Å². The molecule has 5 rings (SSSR count). The number of carbonyl (C=O) groups excluding carboxylic acids is 2. The van der Waals surface area contributed by atoms with Gasteiger partial charge in [0.2, 0.25) is 5.91 Å². The lowest BCUT2D eigenvalue weighted by Gasteiger charge is -2.30. The summed E-state index contributed by atoms with van der Waals surface area (Å²) in [6, 6.07) is 34.3. The summed E-state index contributed by atoms with van der Waals surface area (Å²) >= 11 is 0. The van der Waals surface area contributed by atoms with Crippen LogP contribution in [0.15, 0.2) is 109 Å². The number of nitrogens with two attached hydrogens (primary N) is 2. The van der Waals surface area contributed by atoms with Crippen molar-refractivity contribution in [3.05, 3.63) is 154 Å². The standard InChI is InChI=1S/C40H45N5O5/c1-2-29-22-34(23-31(25-41)38(29)50-27-42)43-39(47)36-24-30(18-19-37(46)44-49)35(45(36)26-28-12-6-3-7-13-28)20-21-40(48,32-14-8-4-9-15-32)33-16-10-5-11-17-33/h3-17,22-24,48-49H,2,18-21,25-27,41-42H2,1H3,(H,43,47)(H,44,46). The number of hydrogen-bond acceptors (Lipinski definition) is 7. The Morgan fingerprint density at radius 1 is 0.820 bits per heavy atom. The molecule has 0 spiro atoms. The minimum absolute atomic E-state index is 0.00222. The molecule has 0 fully saturated rings. The van der Waals surface area contributed by atoms with Crippen molar-refractivity contribution in [3.63, 3.8) is 0 Å². The van der Waals surface area contributed by atoms with E-state index in [9.17, 15) is 19.9 Å². The van der Waals surface area contributed by atoms with Crippen molar-refractivity contribution in [1.29, 1.82) is 0 Å². The zero-order valence-corrected chi connectivity index (χ0v) is 28.3. The van der Waals surface area contributed by atoms with Gasteiger partial charge in [-0.1, -0.05) is 97.9 Å². The van der Waals surface area contributed by atoms with Crippen LogP contribution in [0.1, 0.15) is 69.3 Å². The van der Waals surface area contributed by atoms with Gasteiger partial charge in [0.1, 0.15) is 23.8 Å². The van der Waals surface area contributed by atoms with Crippen LogP contribution >= 0.6 is 0 Å². The Balaban J connectivity index is 1.60. The summed E-state index contributed by atoms with van der Waals surface area (Å²) in [6.07, 6.45) is 1.58. The molecular weight excluding hydrogens is 630 g/mol. The summed E-state index contributed by atoms with van der Waals surface area (Å²) in [7, 11) is 0. The van der Waals surface area contributed by atoms with Gasteiger partial charge in [0.05, 0.1) is 0 Å². The van der Waals surface area contributed by atoms with Crippen LogP contribution in [0, 0.1) is 0 Å². The van der Waals surface area contributed by atoms with Crippen LogP contribution in [0.4, 0.5) is 5.69 Å². The summed E-state index contributed by atoms with van der Waals surface area (Å²) in [5.41, 5.74) is 18.7. The van der Waals surface area contributed by atoms with Crippen molar-refractivity contribution in [2.75, 3.05) is 12.0 Å². The van der Waals surface area contributed by atoms with E-state index in [4.69, 9.17) is 16.2 Å². The molecule has 1 aromatic heterocycles. The van der Waals surface area contributed by atoms with Gasteiger partial charge in [-0.05, 0) is 71.7 Å². The van der Waals surface area contributed by atoms with E-state index in [1.165, 1.54) is 0 Å². The number of aryl methyl sites for hydroxylation is 2. The van der Waals surface area contributed by atoms with Crippen LogP contribution in [0.3, 0.4) is 0 Å². The second-order valence-corrected chi connectivity index (χ2v) is 12.1. The molecule has 50 heavy (non-hydrogen) atoms. The van der Waals surface area contributed by atoms with Gasteiger partial charge in [-0.3, -0.25) is 20.5 Å². The Labute approximate surface area is 292 Å². The maximum absolute atomic E-state index is 14.3. The largest absolute Gasteiger partial charge is 0.478 e. The van der Waals surface area contributed by atoms with Gasteiger partial charge in [-0.25, -0.2) is 5.48 Å². The molecule has 1 heterocycles. The number of aromatic nitrogens is 1. The van der Waals surface area contributed by atoms with E-state index in [-0.39, 0.29) is 32.0 Å². The third-order valence-corrected chi connectivity index (χ3v) is 9.02. The number of anilines is 1. The second kappa shape index (κ2) is 16.9. The molecule has 0 atom stereocenters. The third-order valence-electron chi connectivity index (χ3n) is 9.02. The predicted octanol–water partition coefficient (Wildman–Crippen LogP) is 5.41. The minimum atomic E-state index is -1.34. The minimum Gasteiger partial charge on any atom is -0.478 e. The van der Waals surface area contributed by atoms with E-state index in [1.54, 1.807) is 17.6 Å². The van der Waals surface area contributed by atoms with Crippen LogP contribution in [-0.4, -0.2) is 33.4 Å². The Hall–Kier alpha value is -5.26. The fourth-order valence-corrected chi connectivity index (χ4v) is 6.48. The van der Waals surface area contributed by atoms with Crippen molar-refractivity contribution in [2.24, 2.45) is 11.5 Å². The van der Waals surface area contributed by atoms with Gasteiger partial charge < -0.3 is 25.5 Å². The number of carbonyl (C=O) groups is 2. The van der Waals surface area contributed by atoms with Crippen molar-refractivity contribution in [3.8, 4) is 5.75 Å². The summed E-state index contributed by atoms with van der Waals surface area (Å²) in [5.74, 6) is -0.262. The second-order valence-electron chi connectivity index (χ2n) is 12.1. The van der Waals surface area contributed by atoms with E-state index in [1.807, 2.05) is 109 Å². The van der Waals surface area contributed by atoms with Crippen molar-refractivity contribution in [2.45, 2.75) is 57.7 Å². The zero-order chi connectivity index (χ0) is 35.5. The van der Waals surface area contributed by atoms with Crippen LogP contribution in [-0.2, 0) is 42.7 Å². The topological polar surface area (TPSA) is 165 Å². The molecule has 0 bridgehead atoms. The van der Waals surface area contributed by atoms with Crippen LogP contribution in [0.5, 0.6) is 5.75 Å². The molecule has 8 N–H and O–H groups in total. The lowest BCUT2D eigenvalue weighted by Crippen LogP contribution is -2.29. The lowest BCUT2D eigenvalue weighted by molar-refractivity contribution is -0.129. The van der Waals surface area contributed by atoms with Crippen molar-refractivity contribution in [1.82, 2.24) is 10.0 Å². The average molecular weight is 676 g/mol. The Morgan fingerprint density at radius 2 is 1.42 bits per heavy atom. The highest BCUT2D eigenvalue weighted by molar-refractivity contribution is 6.03. The molecule has 260 valence electrons. The molecule has 0 aliphatic heterocycles. The number of rotatable bonds is 16. The van der Waals surface area contributed by atoms with Gasteiger partial charge in [0.15, 0.2) is 0 Å². The summed E-state index contributed by atoms with van der Waals surface area (Å²) in [5, 5.41) is 24.7. The first-order chi connectivity index (χ1) is 24.3. The smallest absolute Gasteiger partial charge is 0.272 e. The maximum Gasteiger partial charge on any atom is 0.272 e. The Kier molecular flexibility index (Phi) is 12.2. The van der Waals surface area contributed by atoms with Gasteiger partial charge >= 0.3 is 0 Å². The van der Waals surface area contributed by atoms with E-state index in [0.717, 1.165) is 39.1 Å². The molecule has 10 nitrogen and oxygen atoms in total. The van der Waals surface area contributed by atoms with Gasteiger partial charge in [0, 0.05) is 36.5 Å². The molecule has 4 aromatic carbocycles. The fourth-order valence-electron chi connectivity index (χ4n) is 6.48. The van der Waals surface area contributed by atoms with Crippen LogP contribution in [0.25, 0.3) is 0 Å². The molecule has 2 amide bonds. The molecule has 0 aliphatic rings. The van der Waals surface area contributed by atoms with Crippen molar-refractivity contribution >= 4 is 17.5 Å². The van der Waals surface area contributed by atoms with Gasteiger partial charge in [0.25, 0.3) is 5.91 Å². The number of nitrogens with one attached hydrogen (secondary N) is 2. The predicted molar refractivity (Wildman–Crippen MR) is 194 cm³/mol. The summed E-state index contributed by atoms with van der Waals surface area (Å²) < 4.78 is 7.64. The van der Waals surface area contributed by atoms with Gasteiger partial charge in [-0.15, -0.1) is 0 Å². The number of ether oxygens (including phenoxy) is 1. The van der Waals surface area contributed by atoms with Crippen LogP contribution in [0.2, 0.25) is 0 Å². The average Bonchev–Trinajstić information content (AvgIpc) is 3.50. The van der Waals surface area contributed by atoms with E-state index in [2.05, 4.69) is 5.32 Å². The highest BCUT2D eigenvalue weighted by Gasteiger charge is 2.32. The number of amides is 2. The Bertz CT molecular complexity index is 1810. The maximum atomic E-state index is 14.3. The molecule has 0 saturated carbocycles. The Morgan fingerprint density at radius 3 is 1.98 bits per heavy atom. The van der Waals surface area contributed by atoms with Gasteiger partial charge in [-0.2, -0.15) is 0 Å². The molecule has 0 unspecified atom stereocenters. The number of hydroxylamine groups is 1. The normalized spacial score (nSPS) is 11.3. The zero-order valence-electron chi connectivity index (χ0n) is 28.3. The van der Waals surface area contributed by atoms with Crippen LogP contribution < -0.4 is 27.0 Å². The first-order valence-electron chi connectivity index (χ1n) is 16.8. The number of aliphatic hydroxyl groups is 1. The molecule has 5 aromatic rings. The molecular formula is C40H45N5O5. The monoisotopic (exact) mass is 675 g/mol. The highest BCUT2D eigenvalue weighted by atomic mass is 16.5. The first-order valence-corrected chi connectivity index (χ1v) is 16.8. The van der Waals surface area contributed by atoms with Crippen molar-refractivity contribution < 1.29 is 24.6 Å². The molecule has 10 heteroatoms. The summed E-state index contributed by atoms with van der Waals surface area (Å²) in [6.45, 7) is 2.56. The molecule has 0 radical (unpaired) electrons. The number of benzene rings is 4. The summed E-state index contributed by atoms with van der Waals surface area (Å²) in [4.78, 5) is 26.5. The first kappa shape index (κ1) is 36.0. The third kappa shape index (κ3) is 8.30. The van der Waals surface area contributed by atoms with E-state index >= 15 is 0 Å². The number of nitrogens with zero attached hydrogens (tertiary/aromatic N) is 1. The lowest BCUT2D eigenvalue weighted by atomic mass is 9.82. The highest BCUT2D eigenvalue weighted by Crippen LogP contribution is 2.36. The number of hydrogen-bond donors (Lipinski definition) is 6.